The first-order valence-corrected chi connectivity index (χ1v) is 7.79. The molecule has 1 heterocycles. The second-order valence-electron chi connectivity index (χ2n) is 6.46. The summed E-state index contributed by atoms with van der Waals surface area (Å²) in [4.78, 5) is 0. The third-order valence-corrected chi connectivity index (χ3v) is 5.28. The molecule has 0 unspecified atom stereocenters. The minimum Gasteiger partial charge on any atom is -0.207 e. The molecule has 4 rings (SSSR count). The fourth-order valence-electron chi connectivity index (χ4n) is 4.10. The highest BCUT2D eigenvalue weighted by molar-refractivity contribution is 7.13. The van der Waals surface area contributed by atoms with E-state index in [-0.39, 0.29) is 0 Å². The highest BCUT2D eigenvalue weighted by Gasteiger charge is 2.40. The van der Waals surface area contributed by atoms with Crippen molar-refractivity contribution < 1.29 is 22.0 Å². The molecule has 6 heteroatoms. The van der Waals surface area contributed by atoms with Crippen LogP contribution in [0.3, 0.4) is 0 Å². The number of hydrogen-bond donors (Lipinski definition) is 0. The molecule has 0 radical (unpaired) electrons. The fourth-order valence-corrected chi connectivity index (χ4v) is 4.10. The maximum atomic E-state index is 14.6. The molecule has 0 aliphatic carbocycles. The third-order valence-electron chi connectivity index (χ3n) is 5.28. The van der Waals surface area contributed by atoms with E-state index in [4.69, 9.17) is 0 Å². The van der Waals surface area contributed by atoms with Crippen molar-refractivity contribution in [2.45, 2.75) is 6.82 Å². The lowest BCUT2D eigenvalue weighted by molar-refractivity contribution is 0.384. The van der Waals surface area contributed by atoms with Crippen LogP contribution >= 0.6 is 0 Å². The zero-order valence-electron chi connectivity index (χ0n) is 13.1. The first-order chi connectivity index (χ1) is 11.9. The summed E-state index contributed by atoms with van der Waals surface area (Å²) in [5, 5.41) is 0. The predicted molar refractivity (Wildman–Crippen MR) is 88.6 cm³/mol. The summed E-state index contributed by atoms with van der Waals surface area (Å²) in [7, 11) is 0. The lowest BCUT2D eigenvalue weighted by Gasteiger charge is -2.36. The van der Waals surface area contributed by atoms with E-state index < -0.39 is 40.7 Å². The van der Waals surface area contributed by atoms with Gasteiger partial charge in [-0.2, -0.15) is 17.7 Å². The van der Waals surface area contributed by atoms with Crippen molar-refractivity contribution in [1.82, 2.24) is 0 Å². The zero-order valence-corrected chi connectivity index (χ0v) is 13.1. The van der Waals surface area contributed by atoms with Gasteiger partial charge < -0.3 is 0 Å². The lowest BCUT2D eigenvalue weighted by atomic mass is 9.18. The largest absolute Gasteiger partial charge is 0.207 e. The molecule has 3 aromatic carbocycles. The van der Waals surface area contributed by atoms with Crippen LogP contribution in [0, 0.1) is 29.1 Å². The molecule has 0 saturated heterocycles. The lowest BCUT2D eigenvalue weighted by Crippen LogP contribution is -2.64. The molecule has 1 aliphatic heterocycles. The maximum Gasteiger partial charge on any atom is 0.200 e. The van der Waals surface area contributed by atoms with Crippen LogP contribution in [0.4, 0.5) is 22.0 Å². The Morgan fingerprint density at radius 2 is 0.920 bits per heavy atom. The van der Waals surface area contributed by atoms with Crippen LogP contribution in [0.15, 0.2) is 48.5 Å². The van der Waals surface area contributed by atoms with Gasteiger partial charge in [0.05, 0.1) is 6.15 Å². The minimum atomic E-state index is -2.34. The van der Waals surface area contributed by atoms with E-state index in [1.807, 2.05) is 0 Å². The van der Waals surface area contributed by atoms with E-state index in [1.165, 1.54) is 0 Å². The maximum absolute atomic E-state index is 14.6. The molecule has 0 fully saturated rings. The Morgan fingerprint density at radius 3 is 1.36 bits per heavy atom. The average molecular weight is 345 g/mol. The van der Waals surface area contributed by atoms with Crippen molar-refractivity contribution in [2.24, 2.45) is 0 Å². The number of fused-ring (bicyclic) bond motifs is 3. The van der Waals surface area contributed by atoms with Crippen LogP contribution < -0.4 is 16.4 Å². The topological polar surface area (TPSA) is 0 Å². The second kappa shape index (κ2) is 5.18. The molecule has 25 heavy (non-hydrogen) atoms. The van der Waals surface area contributed by atoms with Gasteiger partial charge in [-0.25, -0.2) is 22.0 Å². The Bertz CT molecular complexity index is 954. The van der Waals surface area contributed by atoms with Gasteiger partial charge in [-0.05, 0) is 0 Å². The van der Waals surface area contributed by atoms with Crippen molar-refractivity contribution in [1.29, 1.82) is 0 Å². The minimum absolute atomic E-state index is 0.562. The van der Waals surface area contributed by atoms with Crippen LogP contribution in [0.2, 0.25) is 6.82 Å². The summed E-state index contributed by atoms with van der Waals surface area (Å²) in [6.45, 7) is 1.54. The summed E-state index contributed by atoms with van der Waals surface area (Å²) in [6.07, 6.45) is -2.34. The molecular weight excluding hydrogens is 334 g/mol. The van der Waals surface area contributed by atoms with Gasteiger partial charge in [0.15, 0.2) is 17.5 Å². The summed E-state index contributed by atoms with van der Waals surface area (Å²) in [5.74, 6) is -9.52. The molecule has 0 bridgehead atoms. The van der Waals surface area contributed by atoms with E-state index >= 15 is 0 Å². The van der Waals surface area contributed by atoms with Crippen molar-refractivity contribution in [3.05, 3.63) is 77.6 Å². The van der Waals surface area contributed by atoms with Gasteiger partial charge in [0.1, 0.15) is 11.6 Å². The van der Waals surface area contributed by atoms with Gasteiger partial charge in [-0.3, -0.25) is 0 Å². The number of benzene rings is 3. The fraction of sp³-hybridized carbons (Fsp3) is 0.0526. The second-order valence-corrected chi connectivity index (χ2v) is 6.46. The van der Waals surface area contributed by atoms with E-state index in [0.29, 0.717) is 10.9 Å². The Balaban J connectivity index is 2.17. The van der Waals surface area contributed by atoms with E-state index in [1.54, 1.807) is 55.4 Å². The van der Waals surface area contributed by atoms with Crippen molar-refractivity contribution >= 4 is 22.5 Å². The first kappa shape index (κ1) is 15.9. The van der Waals surface area contributed by atoms with Gasteiger partial charge in [-0.1, -0.05) is 59.7 Å². The number of halogens is 5. The van der Waals surface area contributed by atoms with Crippen molar-refractivity contribution in [2.75, 3.05) is 0 Å². The highest BCUT2D eigenvalue weighted by Crippen LogP contribution is 2.30. The van der Waals surface area contributed by atoms with E-state index in [2.05, 4.69) is 0 Å². The molecule has 0 nitrogen and oxygen atoms in total. The van der Waals surface area contributed by atoms with Gasteiger partial charge in [0.25, 0.3) is 0 Å². The molecule has 0 N–H and O–H groups in total. The Morgan fingerprint density at radius 1 is 0.560 bits per heavy atom. The zero-order chi connectivity index (χ0) is 17.9. The molecular formula is C19H11BF5-. The smallest absolute Gasteiger partial charge is 0.200 e. The standard InChI is InChI=1S/C19H11BF5/c1-20(14-15(21)17(23)19(25)18(24)16(14)22)12-8-4-2-6-10(12)11-7-3-5-9-13(11)20/h2-9H,1H3/q-1. The summed E-state index contributed by atoms with van der Waals surface area (Å²) >= 11 is 0. The Labute approximate surface area is 140 Å². The molecule has 1 aliphatic rings. The SMILES string of the molecule is C[B-]1(c2c(F)c(F)c(F)c(F)c2F)c2ccccc2-c2ccccc21. The van der Waals surface area contributed by atoms with Crippen LogP contribution in [0.1, 0.15) is 0 Å². The average Bonchev–Trinajstić information content (AvgIpc) is 2.89. The molecule has 0 atom stereocenters. The van der Waals surface area contributed by atoms with Crippen LogP contribution in [0.25, 0.3) is 11.1 Å². The third kappa shape index (κ3) is 1.88. The van der Waals surface area contributed by atoms with Gasteiger partial charge >= 0.3 is 0 Å². The quantitative estimate of drug-likeness (QED) is 0.274. The van der Waals surface area contributed by atoms with Gasteiger partial charge in [-0.15, -0.1) is 5.46 Å². The number of hydrogen-bond acceptors (Lipinski definition) is 0. The molecule has 0 spiro atoms. The summed E-state index contributed by atoms with van der Waals surface area (Å²) in [5.41, 5.74) is 1.83. The molecule has 0 aromatic heterocycles. The molecule has 0 amide bonds. The van der Waals surface area contributed by atoms with Gasteiger partial charge in [0.2, 0.25) is 0 Å². The molecule has 3 aromatic rings. The van der Waals surface area contributed by atoms with E-state index in [0.717, 1.165) is 11.1 Å². The molecule has 0 saturated carbocycles. The number of rotatable bonds is 1. The Kier molecular flexibility index (Phi) is 3.29. The molecule has 126 valence electrons. The van der Waals surface area contributed by atoms with Crippen LogP contribution in [-0.4, -0.2) is 6.15 Å². The van der Waals surface area contributed by atoms with E-state index in [9.17, 15) is 22.0 Å². The Hall–Kier alpha value is -2.63. The van der Waals surface area contributed by atoms with Crippen LogP contribution in [0.5, 0.6) is 0 Å². The normalized spacial score (nSPS) is 14.3. The summed E-state index contributed by atoms with van der Waals surface area (Å²) < 4.78 is 70.3. The highest BCUT2D eigenvalue weighted by atomic mass is 19.2. The first-order valence-electron chi connectivity index (χ1n) is 7.79. The predicted octanol–water partition coefficient (Wildman–Crippen LogP) is 3.46. The van der Waals surface area contributed by atoms with Crippen LogP contribution in [-0.2, 0) is 0 Å². The van der Waals surface area contributed by atoms with Crippen molar-refractivity contribution in [3.8, 4) is 11.1 Å². The summed E-state index contributed by atoms with van der Waals surface area (Å²) in [6, 6.07) is 13.8. The monoisotopic (exact) mass is 345 g/mol. The van der Waals surface area contributed by atoms with Crippen molar-refractivity contribution in [3.63, 3.8) is 0 Å². The van der Waals surface area contributed by atoms with Gasteiger partial charge in [0, 0.05) is 0 Å².